The molecule has 22 heavy (non-hydrogen) atoms. The number of amides is 1. The monoisotopic (exact) mass is 299 g/mol. The van der Waals surface area contributed by atoms with Crippen LogP contribution < -0.4 is 10.1 Å². The number of carboxylic acid groups (broad SMARTS) is 1. The fourth-order valence-electron chi connectivity index (χ4n) is 2.19. The predicted octanol–water partition coefficient (Wildman–Crippen LogP) is 2.15. The largest absolute Gasteiger partial charge is 0.497 e. The van der Waals surface area contributed by atoms with Crippen molar-refractivity contribution in [2.75, 3.05) is 13.7 Å². The maximum absolute atomic E-state index is 11.4. The Bertz CT molecular complexity index is 722. The second kappa shape index (κ2) is 7.26. The van der Waals surface area contributed by atoms with Gasteiger partial charge < -0.3 is 15.2 Å². The van der Waals surface area contributed by atoms with Crippen molar-refractivity contribution in [3.05, 3.63) is 54.1 Å². The summed E-state index contributed by atoms with van der Waals surface area (Å²) in [5.41, 5.74) is 1.10. The lowest BCUT2D eigenvalue weighted by Gasteiger charge is -2.09. The van der Waals surface area contributed by atoms with Gasteiger partial charge in [0.15, 0.2) is 0 Å². The van der Waals surface area contributed by atoms with E-state index in [1.165, 1.54) is 0 Å². The molecule has 1 amide bonds. The van der Waals surface area contributed by atoms with E-state index in [-0.39, 0.29) is 0 Å². The van der Waals surface area contributed by atoms with Crippen LogP contribution in [0.1, 0.15) is 5.56 Å². The Labute approximate surface area is 128 Å². The molecule has 0 bridgehead atoms. The van der Waals surface area contributed by atoms with Gasteiger partial charge in [-0.2, -0.15) is 0 Å². The lowest BCUT2D eigenvalue weighted by atomic mass is 10.0. The van der Waals surface area contributed by atoms with Gasteiger partial charge in [0.25, 0.3) is 0 Å². The topological polar surface area (TPSA) is 75.6 Å². The summed E-state index contributed by atoms with van der Waals surface area (Å²) in [6, 6.07) is 11.9. The Kier molecular flexibility index (Phi) is 5.14. The third-order valence-electron chi connectivity index (χ3n) is 3.25. The molecule has 2 aromatic rings. The van der Waals surface area contributed by atoms with Crippen LogP contribution in [0.4, 0.5) is 0 Å². The molecule has 0 radical (unpaired) electrons. The van der Waals surface area contributed by atoms with Crippen molar-refractivity contribution >= 4 is 22.6 Å². The Balaban J connectivity index is 2.05. The minimum absolute atomic E-state index is 0.416. The first-order valence-corrected chi connectivity index (χ1v) is 6.84. The van der Waals surface area contributed by atoms with E-state index in [0.717, 1.165) is 34.2 Å². The van der Waals surface area contributed by atoms with Gasteiger partial charge >= 0.3 is 5.97 Å². The van der Waals surface area contributed by atoms with Crippen molar-refractivity contribution < 1.29 is 19.4 Å². The normalized spacial score (nSPS) is 10.8. The van der Waals surface area contributed by atoms with E-state index < -0.39 is 11.9 Å². The van der Waals surface area contributed by atoms with Gasteiger partial charge in [-0.1, -0.05) is 24.3 Å². The van der Waals surface area contributed by atoms with E-state index in [0.29, 0.717) is 13.0 Å². The molecule has 0 unspecified atom stereocenters. The molecule has 2 aromatic carbocycles. The number of carbonyl (C=O) groups excluding carboxylic acids is 1. The van der Waals surface area contributed by atoms with Crippen LogP contribution in [0.25, 0.3) is 10.8 Å². The molecular weight excluding hydrogens is 282 g/mol. The van der Waals surface area contributed by atoms with E-state index in [1.807, 2.05) is 36.4 Å². The van der Waals surface area contributed by atoms with Crippen LogP contribution in [0.15, 0.2) is 48.6 Å². The van der Waals surface area contributed by atoms with Gasteiger partial charge in [-0.25, -0.2) is 4.79 Å². The molecule has 0 saturated carbocycles. The van der Waals surface area contributed by atoms with Gasteiger partial charge in [0, 0.05) is 18.7 Å². The van der Waals surface area contributed by atoms with Crippen LogP contribution in [0.3, 0.4) is 0 Å². The summed E-state index contributed by atoms with van der Waals surface area (Å²) in [5, 5.41) is 13.3. The molecule has 2 N–H and O–H groups in total. The summed E-state index contributed by atoms with van der Waals surface area (Å²) < 4.78 is 5.24. The average Bonchev–Trinajstić information content (AvgIpc) is 2.52. The summed E-state index contributed by atoms with van der Waals surface area (Å²) >= 11 is 0. The van der Waals surface area contributed by atoms with Crippen molar-refractivity contribution in [3.8, 4) is 5.75 Å². The fraction of sp³-hybridized carbons (Fsp3) is 0.176. The lowest BCUT2D eigenvalue weighted by molar-refractivity contribution is -0.131. The van der Waals surface area contributed by atoms with E-state index in [4.69, 9.17) is 9.84 Å². The van der Waals surface area contributed by atoms with Crippen molar-refractivity contribution in [2.24, 2.45) is 0 Å². The van der Waals surface area contributed by atoms with Crippen LogP contribution in [-0.2, 0) is 16.0 Å². The molecule has 0 atom stereocenters. The van der Waals surface area contributed by atoms with Gasteiger partial charge in [-0.15, -0.1) is 0 Å². The number of hydrogen-bond donors (Lipinski definition) is 2. The number of benzene rings is 2. The smallest absolute Gasteiger partial charge is 0.328 e. The standard InChI is InChI=1S/C17H17NO4/c1-22-14-6-5-12-3-2-4-13(15(12)11-14)9-10-18-16(19)7-8-17(20)21/h2-8,11H,9-10H2,1H3,(H,18,19)(H,20,21)/b8-7+. The van der Waals surface area contributed by atoms with E-state index >= 15 is 0 Å². The first-order valence-electron chi connectivity index (χ1n) is 6.84. The number of fused-ring (bicyclic) bond motifs is 1. The summed E-state index contributed by atoms with van der Waals surface area (Å²) in [7, 11) is 1.62. The van der Waals surface area contributed by atoms with Crippen LogP contribution in [0.5, 0.6) is 5.75 Å². The minimum Gasteiger partial charge on any atom is -0.497 e. The molecule has 5 nitrogen and oxygen atoms in total. The first kappa shape index (κ1) is 15.6. The molecule has 0 spiro atoms. The Morgan fingerprint density at radius 3 is 2.77 bits per heavy atom. The van der Waals surface area contributed by atoms with Gasteiger partial charge in [0.05, 0.1) is 7.11 Å². The maximum Gasteiger partial charge on any atom is 0.328 e. The zero-order valence-electron chi connectivity index (χ0n) is 12.2. The molecule has 0 aliphatic heterocycles. The molecule has 0 aromatic heterocycles. The van der Waals surface area contributed by atoms with E-state index in [9.17, 15) is 9.59 Å². The highest BCUT2D eigenvalue weighted by Crippen LogP contribution is 2.24. The first-order chi connectivity index (χ1) is 10.6. The second-order valence-corrected chi connectivity index (χ2v) is 4.72. The summed E-state index contributed by atoms with van der Waals surface area (Å²) in [5.74, 6) is -0.773. The number of ether oxygens (including phenoxy) is 1. The molecule has 0 aliphatic carbocycles. The highest BCUT2D eigenvalue weighted by Gasteiger charge is 2.03. The molecular formula is C17H17NO4. The quantitative estimate of drug-likeness (QED) is 0.801. The van der Waals surface area contributed by atoms with Crippen molar-refractivity contribution in [1.82, 2.24) is 5.32 Å². The predicted molar refractivity (Wildman–Crippen MR) is 84.0 cm³/mol. The van der Waals surface area contributed by atoms with Crippen molar-refractivity contribution in [2.45, 2.75) is 6.42 Å². The summed E-state index contributed by atoms with van der Waals surface area (Å²) in [4.78, 5) is 21.7. The van der Waals surface area contributed by atoms with Crippen LogP contribution in [0, 0.1) is 0 Å². The van der Waals surface area contributed by atoms with Crippen molar-refractivity contribution in [1.29, 1.82) is 0 Å². The van der Waals surface area contributed by atoms with Gasteiger partial charge in [-0.05, 0) is 34.9 Å². The Morgan fingerprint density at radius 1 is 1.23 bits per heavy atom. The highest BCUT2D eigenvalue weighted by molar-refractivity contribution is 5.94. The number of carbonyl (C=O) groups is 2. The number of aliphatic carboxylic acids is 1. The Hall–Kier alpha value is -2.82. The number of methoxy groups -OCH3 is 1. The Morgan fingerprint density at radius 2 is 2.05 bits per heavy atom. The van der Waals surface area contributed by atoms with E-state index in [2.05, 4.69) is 5.32 Å². The highest BCUT2D eigenvalue weighted by atomic mass is 16.5. The fourth-order valence-corrected chi connectivity index (χ4v) is 2.19. The average molecular weight is 299 g/mol. The molecule has 0 heterocycles. The number of hydrogen-bond acceptors (Lipinski definition) is 3. The molecule has 2 rings (SSSR count). The molecule has 0 saturated heterocycles. The van der Waals surface area contributed by atoms with E-state index in [1.54, 1.807) is 7.11 Å². The minimum atomic E-state index is -1.14. The number of carboxylic acids is 1. The maximum atomic E-state index is 11.4. The molecule has 114 valence electrons. The third kappa shape index (κ3) is 4.09. The SMILES string of the molecule is COc1ccc2cccc(CCNC(=O)/C=C/C(=O)O)c2c1. The third-order valence-corrected chi connectivity index (χ3v) is 3.25. The van der Waals surface area contributed by atoms with Crippen LogP contribution in [0.2, 0.25) is 0 Å². The zero-order chi connectivity index (χ0) is 15.9. The lowest BCUT2D eigenvalue weighted by Crippen LogP contribution is -2.23. The van der Waals surface area contributed by atoms with Crippen LogP contribution >= 0.6 is 0 Å². The summed E-state index contributed by atoms with van der Waals surface area (Å²) in [6.45, 7) is 0.430. The molecule has 0 fully saturated rings. The molecule has 5 heteroatoms. The number of rotatable bonds is 6. The van der Waals surface area contributed by atoms with Gasteiger partial charge in [0.2, 0.25) is 5.91 Å². The van der Waals surface area contributed by atoms with Gasteiger partial charge in [0.1, 0.15) is 5.75 Å². The summed E-state index contributed by atoms with van der Waals surface area (Å²) in [6.07, 6.45) is 2.48. The van der Waals surface area contributed by atoms with Gasteiger partial charge in [-0.3, -0.25) is 4.79 Å². The van der Waals surface area contributed by atoms with Crippen molar-refractivity contribution in [3.63, 3.8) is 0 Å². The number of nitrogens with one attached hydrogen (secondary N) is 1. The molecule has 0 aliphatic rings. The zero-order valence-corrected chi connectivity index (χ0v) is 12.2. The second-order valence-electron chi connectivity index (χ2n) is 4.72. The van der Waals surface area contributed by atoms with Crippen LogP contribution in [-0.4, -0.2) is 30.6 Å².